The number of nitrogens with one attached hydrogen (secondary N) is 1. The van der Waals surface area contributed by atoms with Crippen LogP contribution in [-0.2, 0) is 6.42 Å². The van der Waals surface area contributed by atoms with Crippen LogP contribution in [0.5, 0.6) is 0 Å². The van der Waals surface area contributed by atoms with Gasteiger partial charge in [-0.05, 0) is 30.5 Å². The summed E-state index contributed by atoms with van der Waals surface area (Å²) in [5, 5.41) is 3.27. The number of allylic oxidation sites excluding steroid dienone is 3. The maximum Gasteiger partial charge on any atom is 0.0412 e. The van der Waals surface area contributed by atoms with Crippen LogP contribution in [0.3, 0.4) is 0 Å². The van der Waals surface area contributed by atoms with E-state index in [1.807, 2.05) is 12.3 Å². The molecule has 0 saturated heterocycles. The Hall–Kier alpha value is -1.50. The molecule has 1 heteroatoms. The minimum Gasteiger partial charge on any atom is -0.361 e. The molecule has 0 aliphatic carbocycles. The van der Waals surface area contributed by atoms with Crippen LogP contribution in [0.25, 0.3) is 0 Å². The summed E-state index contributed by atoms with van der Waals surface area (Å²) in [5.41, 5.74) is 2.61. The lowest BCUT2D eigenvalue weighted by Crippen LogP contribution is -1.93. The van der Waals surface area contributed by atoms with E-state index in [1.165, 1.54) is 11.3 Å². The number of anilines is 1. The standard InChI is InChI=1S/C12H13N/c1-2-6-10-13-12-9-5-4-8-11(12)7-3-1/h1-2,4-6,8-10,13H,3,7H2. The molecule has 1 aromatic rings. The summed E-state index contributed by atoms with van der Waals surface area (Å²) in [5.74, 6) is 0. The van der Waals surface area contributed by atoms with E-state index in [0.717, 1.165) is 12.8 Å². The zero-order valence-electron chi connectivity index (χ0n) is 7.53. The Morgan fingerprint density at radius 1 is 1.08 bits per heavy atom. The third-order valence-electron chi connectivity index (χ3n) is 2.18. The van der Waals surface area contributed by atoms with Gasteiger partial charge in [-0.25, -0.2) is 0 Å². The van der Waals surface area contributed by atoms with Crippen LogP contribution in [0, 0.1) is 0 Å². The van der Waals surface area contributed by atoms with Gasteiger partial charge in [0.05, 0.1) is 0 Å². The molecule has 2 rings (SSSR count). The topological polar surface area (TPSA) is 12.0 Å². The summed E-state index contributed by atoms with van der Waals surface area (Å²) in [4.78, 5) is 0. The molecule has 1 heterocycles. The van der Waals surface area contributed by atoms with Gasteiger partial charge in [0.15, 0.2) is 0 Å². The summed E-state index contributed by atoms with van der Waals surface area (Å²) in [6.07, 6.45) is 10.5. The molecular weight excluding hydrogens is 158 g/mol. The zero-order chi connectivity index (χ0) is 8.93. The molecule has 1 aliphatic rings. The van der Waals surface area contributed by atoms with Crippen molar-refractivity contribution in [2.75, 3.05) is 5.32 Å². The minimum absolute atomic E-state index is 1.11. The summed E-state index contributed by atoms with van der Waals surface area (Å²) < 4.78 is 0. The van der Waals surface area contributed by atoms with Crippen molar-refractivity contribution >= 4 is 5.69 Å². The van der Waals surface area contributed by atoms with Gasteiger partial charge in [0, 0.05) is 11.9 Å². The summed E-state index contributed by atoms with van der Waals surface area (Å²) in [6.45, 7) is 0. The molecule has 1 nitrogen and oxygen atoms in total. The summed E-state index contributed by atoms with van der Waals surface area (Å²) in [6, 6.07) is 8.44. The average molecular weight is 171 g/mol. The first kappa shape index (κ1) is 8.11. The minimum atomic E-state index is 1.11. The number of rotatable bonds is 0. The lowest BCUT2D eigenvalue weighted by Gasteiger charge is -2.06. The molecule has 0 aromatic heterocycles. The number of aryl methyl sites for hydroxylation is 1. The van der Waals surface area contributed by atoms with E-state index < -0.39 is 0 Å². The highest BCUT2D eigenvalue weighted by molar-refractivity contribution is 5.53. The highest BCUT2D eigenvalue weighted by Crippen LogP contribution is 2.17. The first-order chi connectivity index (χ1) is 6.47. The van der Waals surface area contributed by atoms with Gasteiger partial charge in [-0.15, -0.1) is 0 Å². The van der Waals surface area contributed by atoms with Crippen molar-refractivity contribution in [3.63, 3.8) is 0 Å². The smallest absolute Gasteiger partial charge is 0.0412 e. The molecule has 0 radical (unpaired) electrons. The fraction of sp³-hybridized carbons (Fsp3) is 0.167. The Morgan fingerprint density at radius 3 is 3.00 bits per heavy atom. The molecule has 13 heavy (non-hydrogen) atoms. The molecule has 0 unspecified atom stereocenters. The molecule has 0 saturated carbocycles. The van der Waals surface area contributed by atoms with Crippen LogP contribution in [0.15, 0.2) is 48.7 Å². The fourth-order valence-corrected chi connectivity index (χ4v) is 1.49. The highest BCUT2D eigenvalue weighted by atomic mass is 14.8. The largest absolute Gasteiger partial charge is 0.361 e. The normalized spacial score (nSPS) is 15.1. The van der Waals surface area contributed by atoms with Gasteiger partial charge in [-0.3, -0.25) is 0 Å². The first-order valence-corrected chi connectivity index (χ1v) is 4.63. The number of hydrogen-bond acceptors (Lipinski definition) is 1. The third-order valence-corrected chi connectivity index (χ3v) is 2.18. The molecule has 0 bridgehead atoms. The Balaban J connectivity index is 2.31. The van der Waals surface area contributed by atoms with Crippen LogP contribution in [0.4, 0.5) is 5.69 Å². The second kappa shape index (κ2) is 3.94. The van der Waals surface area contributed by atoms with E-state index in [9.17, 15) is 0 Å². The molecule has 1 aliphatic heterocycles. The van der Waals surface area contributed by atoms with Crippen molar-refractivity contribution in [2.24, 2.45) is 0 Å². The van der Waals surface area contributed by atoms with Crippen molar-refractivity contribution in [2.45, 2.75) is 12.8 Å². The maximum atomic E-state index is 3.27. The van der Waals surface area contributed by atoms with Gasteiger partial charge >= 0.3 is 0 Å². The molecule has 0 spiro atoms. The van der Waals surface area contributed by atoms with Gasteiger partial charge < -0.3 is 5.32 Å². The van der Waals surface area contributed by atoms with Crippen molar-refractivity contribution in [1.29, 1.82) is 0 Å². The van der Waals surface area contributed by atoms with Crippen molar-refractivity contribution < 1.29 is 0 Å². The van der Waals surface area contributed by atoms with Gasteiger partial charge in [-0.2, -0.15) is 0 Å². The van der Waals surface area contributed by atoms with Crippen molar-refractivity contribution in [3.8, 4) is 0 Å². The lowest BCUT2D eigenvalue weighted by atomic mass is 10.1. The molecule has 0 atom stereocenters. The zero-order valence-corrected chi connectivity index (χ0v) is 7.53. The fourth-order valence-electron chi connectivity index (χ4n) is 1.49. The van der Waals surface area contributed by atoms with Gasteiger partial charge in [0.2, 0.25) is 0 Å². The first-order valence-electron chi connectivity index (χ1n) is 4.63. The van der Waals surface area contributed by atoms with Gasteiger partial charge in [-0.1, -0.05) is 30.4 Å². The van der Waals surface area contributed by atoms with E-state index >= 15 is 0 Å². The average Bonchev–Trinajstić information content (AvgIpc) is 2.28. The van der Waals surface area contributed by atoms with Crippen LogP contribution in [0.1, 0.15) is 12.0 Å². The Bertz CT molecular complexity index is 337. The number of fused-ring (bicyclic) bond motifs is 1. The number of hydrogen-bond donors (Lipinski definition) is 1. The predicted molar refractivity (Wildman–Crippen MR) is 56.7 cm³/mol. The monoisotopic (exact) mass is 171 g/mol. The third kappa shape index (κ3) is 2.00. The lowest BCUT2D eigenvalue weighted by molar-refractivity contribution is 1.00. The molecule has 1 N–H and O–H groups in total. The molecule has 1 aromatic carbocycles. The number of benzene rings is 1. The predicted octanol–water partition coefficient (Wildman–Crippen LogP) is 3.11. The summed E-state index contributed by atoms with van der Waals surface area (Å²) in [7, 11) is 0. The Morgan fingerprint density at radius 2 is 2.00 bits per heavy atom. The van der Waals surface area contributed by atoms with Crippen LogP contribution in [0.2, 0.25) is 0 Å². The summed E-state index contributed by atoms with van der Waals surface area (Å²) >= 11 is 0. The highest BCUT2D eigenvalue weighted by Gasteiger charge is 1.98. The van der Waals surface area contributed by atoms with E-state index in [0.29, 0.717) is 0 Å². The SMILES string of the molecule is C1=CCCc2ccccc2NC=C1. The molecule has 0 fully saturated rings. The second-order valence-corrected chi connectivity index (χ2v) is 3.13. The molecule has 66 valence electrons. The molecular formula is C12H13N. The van der Waals surface area contributed by atoms with Crippen molar-refractivity contribution in [1.82, 2.24) is 0 Å². The second-order valence-electron chi connectivity index (χ2n) is 3.13. The van der Waals surface area contributed by atoms with E-state index in [4.69, 9.17) is 0 Å². The van der Waals surface area contributed by atoms with Crippen LogP contribution >= 0.6 is 0 Å². The van der Waals surface area contributed by atoms with Crippen LogP contribution in [-0.4, -0.2) is 0 Å². The van der Waals surface area contributed by atoms with Gasteiger partial charge in [0.25, 0.3) is 0 Å². The Kier molecular flexibility index (Phi) is 2.46. The quantitative estimate of drug-likeness (QED) is 0.632. The van der Waals surface area contributed by atoms with E-state index in [2.05, 4.69) is 41.7 Å². The Labute approximate surface area is 78.8 Å². The molecule has 0 amide bonds. The van der Waals surface area contributed by atoms with Crippen LogP contribution < -0.4 is 5.32 Å². The van der Waals surface area contributed by atoms with Crippen molar-refractivity contribution in [3.05, 3.63) is 54.3 Å². The van der Waals surface area contributed by atoms with E-state index in [-0.39, 0.29) is 0 Å². The number of para-hydroxylation sites is 1. The maximum absolute atomic E-state index is 3.27. The van der Waals surface area contributed by atoms with Gasteiger partial charge in [0.1, 0.15) is 0 Å². The van der Waals surface area contributed by atoms with E-state index in [1.54, 1.807) is 0 Å².